The molecule has 2 aromatic carbocycles. The average Bonchev–Trinajstić information content (AvgIpc) is 3.08. The zero-order valence-electron chi connectivity index (χ0n) is 14.2. The largest absolute Gasteiger partial charge is 0.497 e. The van der Waals surface area contributed by atoms with E-state index in [0.717, 1.165) is 16.0 Å². The van der Waals surface area contributed by atoms with Gasteiger partial charge in [-0.05, 0) is 30.3 Å². The van der Waals surface area contributed by atoms with Crippen LogP contribution in [0, 0.1) is 0 Å². The van der Waals surface area contributed by atoms with Crippen LogP contribution in [0.4, 0.5) is 28.1 Å². The van der Waals surface area contributed by atoms with Crippen LogP contribution in [0.1, 0.15) is 0 Å². The maximum absolute atomic E-state index is 6.23. The molecule has 0 spiro atoms. The van der Waals surface area contributed by atoms with Crippen molar-refractivity contribution in [2.45, 2.75) is 0 Å². The second kappa shape index (κ2) is 7.26. The highest BCUT2D eigenvalue weighted by Gasteiger charge is 2.12. The Morgan fingerprint density at radius 2 is 1.85 bits per heavy atom. The van der Waals surface area contributed by atoms with Crippen molar-refractivity contribution in [3.05, 3.63) is 53.8 Å². The maximum Gasteiger partial charge on any atom is 0.189 e. The van der Waals surface area contributed by atoms with E-state index in [-0.39, 0.29) is 0 Å². The molecule has 0 radical (unpaired) electrons. The van der Waals surface area contributed by atoms with E-state index in [4.69, 9.17) is 22.1 Å². The van der Waals surface area contributed by atoms with Gasteiger partial charge in [0.1, 0.15) is 17.8 Å². The molecule has 0 atom stereocenters. The zero-order chi connectivity index (χ0) is 18.8. The number of anilines is 5. The number of hydrogen-bond acceptors (Lipinski definition) is 8. The van der Waals surface area contributed by atoms with Crippen molar-refractivity contribution in [3.8, 4) is 5.75 Å². The third-order valence-electron chi connectivity index (χ3n) is 3.83. The number of nitrogens with zero attached hydrogens (tertiary/aromatic N) is 3. The third-order valence-corrected chi connectivity index (χ3v) is 5.09. The summed E-state index contributed by atoms with van der Waals surface area (Å²) < 4.78 is 6.25. The smallest absolute Gasteiger partial charge is 0.189 e. The monoisotopic (exact) mass is 398 g/mol. The lowest BCUT2D eigenvalue weighted by atomic mass is 10.3. The highest BCUT2D eigenvalue weighted by molar-refractivity contribution is 7.22. The number of halogens is 1. The molecule has 2 heterocycles. The molecule has 0 aliphatic carbocycles. The first-order valence-electron chi connectivity index (χ1n) is 7.97. The highest BCUT2D eigenvalue weighted by atomic mass is 35.5. The van der Waals surface area contributed by atoms with Gasteiger partial charge in [-0.2, -0.15) is 0 Å². The van der Waals surface area contributed by atoms with Crippen LogP contribution in [0.15, 0.2) is 48.8 Å². The Morgan fingerprint density at radius 1 is 1.07 bits per heavy atom. The molecule has 0 aliphatic rings. The molecule has 0 bridgehead atoms. The fourth-order valence-electron chi connectivity index (χ4n) is 2.47. The van der Waals surface area contributed by atoms with E-state index < -0.39 is 0 Å². The van der Waals surface area contributed by atoms with Crippen LogP contribution in [0.5, 0.6) is 5.75 Å². The second-order valence-corrected chi connectivity index (χ2v) is 7.00. The number of nitrogens with one attached hydrogen (secondary N) is 2. The van der Waals surface area contributed by atoms with E-state index >= 15 is 0 Å². The van der Waals surface area contributed by atoms with Crippen LogP contribution in [-0.2, 0) is 0 Å². The Kier molecular flexibility index (Phi) is 4.66. The number of aromatic nitrogens is 3. The number of methoxy groups -OCH3 is 1. The Bertz CT molecular complexity index is 1120. The van der Waals surface area contributed by atoms with Gasteiger partial charge in [0.2, 0.25) is 0 Å². The molecule has 4 aromatic rings. The van der Waals surface area contributed by atoms with E-state index in [1.165, 1.54) is 17.7 Å². The van der Waals surface area contributed by atoms with Gasteiger partial charge in [-0.3, -0.25) is 0 Å². The highest BCUT2D eigenvalue weighted by Crippen LogP contribution is 2.34. The lowest BCUT2D eigenvalue weighted by Gasteiger charge is -2.12. The van der Waals surface area contributed by atoms with Crippen molar-refractivity contribution in [2.24, 2.45) is 0 Å². The van der Waals surface area contributed by atoms with E-state index in [0.29, 0.717) is 33.2 Å². The number of para-hydroxylation sites is 1. The number of thiazole rings is 1. The fourth-order valence-corrected chi connectivity index (χ4v) is 3.55. The van der Waals surface area contributed by atoms with Gasteiger partial charge in [0, 0.05) is 0 Å². The summed E-state index contributed by atoms with van der Waals surface area (Å²) in [5, 5.41) is 7.53. The Morgan fingerprint density at radius 3 is 2.63 bits per heavy atom. The van der Waals surface area contributed by atoms with Gasteiger partial charge in [0.25, 0.3) is 0 Å². The molecule has 136 valence electrons. The molecule has 9 heteroatoms. The van der Waals surface area contributed by atoms with E-state index in [1.54, 1.807) is 13.2 Å². The summed E-state index contributed by atoms with van der Waals surface area (Å²) >= 11 is 7.67. The first-order chi connectivity index (χ1) is 13.1. The number of hydrogen-bond donors (Lipinski definition) is 3. The first-order valence-corrected chi connectivity index (χ1v) is 9.17. The first kappa shape index (κ1) is 17.3. The summed E-state index contributed by atoms with van der Waals surface area (Å²) in [6.07, 6.45) is 1.42. The molecule has 27 heavy (non-hydrogen) atoms. The second-order valence-electron chi connectivity index (χ2n) is 5.57. The summed E-state index contributed by atoms with van der Waals surface area (Å²) in [6.45, 7) is 0. The number of fused-ring (bicyclic) bond motifs is 1. The average molecular weight is 399 g/mol. The molecule has 7 nitrogen and oxygen atoms in total. The van der Waals surface area contributed by atoms with Crippen LogP contribution in [-0.4, -0.2) is 22.1 Å². The minimum absolute atomic E-state index is 0.370. The molecule has 0 unspecified atom stereocenters. The standard InChI is InChI=1S/C18H15ClN6OS/c1-26-10-6-7-13-14(8-10)27-18(24-13)25-17-15(20)16(21-9-22-17)23-12-5-3-2-4-11(12)19/h2-9H,20H2,1H3,(H2,21,22,23,24,25). The Hall–Kier alpha value is -3.10. The molecule has 2 aromatic heterocycles. The van der Waals surface area contributed by atoms with Crippen LogP contribution in [0.2, 0.25) is 5.02 Å². The Balaban J connectivity index is 1.62. The van der Waals surface area contributed by atoms with E-state index in [2.05, 4.69) is 25.6 Å². The predicted molar refractivity (Wildman–Crippen MR) is 111 cm³/mol. The summed E-state index contributed by atoms with van der Waals surface area (Å²) in [5.74, 6) is 1.71. The maximum atomic E-state index is 6.23. The normalized spacial score (nSPS) is 10.7. The van der Waals surface area contributed by atoms with E-state index in [1.807, 2.05) is 36.4 Å². The molecule has 0 saturated carbocycles. The van der Waals surface area contributed by atoms with Crippen molar-refractivity contribution in [1.82, 2.24) is 15.0 Å². The van der Waals surface area contributed by atoms with Crippen LogP contribution >= 0.6 is 22.9 Å². The van der Waals surface area contributed by atoms with Crippen LogP contribution in [0.3, 0.4) is 0 Å². The van der Waals surface area contributed by atoms with Gasteiger partial charge in [-0.1, -0.05) is 35.1 Å². The van der Waals surface area contributed by atoms with Crippen LogP contribution in [0.25, 0.3) is 10.2 Å². The minimum atomic E-state index is 0.370. The topological polar surface area (TPSA) is 98.0 Å². The van der Waals surface area contributed by atoms with Gasteiger partial charge < -0.3 is 21.1 Å². The van der Waals surface area contributed by atoms with Gasteiger partial charge in [-0.15, -0.1) is 0 Å². The summed E-state index contributed by atoms with van der Waals surface area (Å²) in [4.78, 5) is 13.0. The molecule has 0 amide bonds. The lowest BCUT2D eigenvalue weighted by molar-refractivity contribution is 0.415. The van der Waals surface area contributed by atoms with Gasteiger partial charge in [-0.25, -0.2) is 15.0 Å². The number of nitrogens with two attached hydrogens (primary N) is 1. The van der Waals surface area contributed by atoms with Gasteiger partial charge in [0.05, 0.1) is 28.0 Å². The summed E-state index contributed by atoms with van der Waals surface area (Å²) in [7, 11) is 1.64. The molecule has 4 rings (SSSR count). The molecule has 0 saturated heterocycles. The summed E-state index contributed by atoms with van der Waals surface area (Å²) in [6, 6.07) is 13.1. The molecular formula is C18H15ClN6OS. The number of nitrogen functional groups attached to an aromatic ring is 1. The van der Waals surface area contributed by atoms with Crippen molar-refractivity contribution >= 4 is 61.3 Å². The number of ether oxygens (including phenoxy) is 1. The fraction of sp³-hybridized carbons (Fsp3) is 0.0556. The summed E-state index contributed by atoms with van der Waals surface area (Å²) in [5.41, 5.74) is 8.18. The van der Waals surface area contributed by atoms with Crippen molar-refractivity contribution < 1.29 is 4.74 Å². The Labute approximate surface area is 164 Å². The number of rotatable bonds is 5. The van der Waals surface area contributed by atoms with E-state index in [9.17, 15) is 0 Å². The van der Waals surface area contributed by atoms with Gasteiger partial charge >= 0.3 is 0 Å². The third kappa shape index (κ3) is 3.57. The van der Waals surface area contributed by atoms with Crippen LogP contribution < -0.4 is 21.1 Å². The molecule has 0 fully saturated rings. The zero-order valence-corrected chi connectivity index (χ0v) is 15.8. The molecule has 0 aliphatic heterocycles. The van der Waals surface area contributed by atoms with Crippen molar-refractivity contribution in [3.63, 3.8) is 0 Å². The van der Waals surface area contributed by atoms with Crippen molar-refractivity contribution in [2.75, 3.05) is 23.5 Å². The molecule has 4 N–H and O–H groups in total. The quantitative estimate of drug-likeness (QED) is 0.443. The minimum Gasteiger partial charge on any atom is -0.497 e. The van der Waals surface area contributed by atoms with Gasteiger partial charge in [0.15, 0.2) is 16.8 Å². The predicted octanol–water partition coefficient (Wildman–Crippen LogP) is 4.82. The lowest BCUT2D eigenvalue weighted by Crippen LogP contribution is -2.05. The molecular weight excluding hydrogens is 384 g/mol. The number of benzene rings is 2. The van der Waals surface area contributed by atoms with Crippen molar-refractivity contribution in [1.29, 1.82) is 0 Å². The SMILES string of the molecule is COc1ccc2nc(Nc3ncnc(Nc4ccccc4Cl)c3N)sc2c1.